The summed E-state index contributed by atoms with van der Waals surface area (Å²) >= 11 is 0. The fraction of sp³-hybridized carbons (Fsp3) is 0.400. The Kier molecular flexibility index (Phi) is 4.98. The van der Waals surface area contributed by atoms with Gasteiger partial charge in [-0.15, -0.1) is 0 Å². The van der Waals surface area contributed by atoms with Gasteiger partial charge in [-0.1, -0.05) is 6.92 Å². The largest absolute Gasteiger partial charge is 0.493 e. The molecule has 0 N–H and O–H groups in total. The Balaban J connectivity index is 2.58. The van der Waals surface area contributed by atoms with Crippen molar-refractivity contribution in [2.45, 2.75) is 26.8 Å². The maximum Gasteiger partial charge on any atom is 0.315 e. The third-order valence-electron chi connectivity index (χ3n) is 3.22. The summed E-state index contributed by atoms with van der Waals surface area (Å²) in [6.07, 6.45) is 4.25. The fourth-order valence-electron chi connectivity index (χ4n) is 2.18. The quantitative estimate of drug-likeness (QED) is 0.579. The predicted octanol–water partition coefficient (Wildman–Crippen LogP) is 3.28. The van der Waals surface area contributed by atoms with Gasteiger partial charge in [-0.2, -0.15) is 0 Å². The third kappa shape index (κ3) is 3.03. The van der Waals surface area contributed by atoms with E-state index in [0.29, 0.717) is 23.7 Å². The SMILES string of the molecule is CCCOc1c(OC)cc(-c2nccn2CC)cc1[N+](=O)[O-]. The number of nitrogens with zero attached hydrogens (tertiary/aromatic N) is 3. The number of aromatic nitrogens is 2. The summed E-state index contributed by atoms with van der Waals surface area (Å²) < 4.78 is 12.7. The van der Waals surface area contributed by atoms with Crippen LogP contribution < -0.4 is 9.47 Å². The maximum atomic E-state index is 11.4. The van der Waals surface area contributed by atoms with E-state index in [1.165, 1.54) is 13.2 Å². The van der Waals surface area contributed by atoms with E-state index in [-0.39, 0.29) is 11.4 Å². The first-order chi connectivity index (χ1) is 10.6. The average molecular weight is 305 g/mol. The standard InChI is InChI=1S/C15H19N3O4/c1-4-8-22-14-12(18(19)20)9-11(10-13(14)21-3)15-16-6-7-17(15)5-2/h6-7,9-10H,4-5,8H2,1-3H3. The number of benzene rings is 1. The molecular weight excluding hydrogens is 286 g/mol. The zero-order valence-electron chi connectivity index (χ0n) is 12.9. The van der Waals surface area contributed by atoms with Crippen LogP contribution in [0.15, 0.2) is 24.5 Å². The van der Waals surface area contributed by atoms with Crippen LogP contribution in [0.2, 0.25) is 0 Å². The van der Waals surface area contributed by atoms with Crippen molar-refractivity contribution >= 4 is 5.69 Å². The van der Waals surface area contributed by atoms with Gasteiger partial charge in [-0.05, 0) is 19.4 Å². The second-order valence-electron chi connectivity index (χ2n) is 4.67. The molecule has 0 aliphatic rings. The average Bonchev–Trinajstić information content (AvgIpc) is 3.00. The summed E-state index contributed by atoms with van der Waals surface area (Å²) in [5.41, 5.74) is 0.507. The van der Waals surface area contributed by atoms with Crippen molar-refractivity contribution in [2.75, 3.05) is 13.7 Å². The van der Waals surface area contributed by atoms with Crippen LogP contribution in [0, 0.1) is 10.1 Å². The van der Waals surface area contributed by atoms with E-state index >= 15 is 0 Å². The number of nitro benzene ring substituents is 1. The van der Waals surface area contributed by atoms with E-state index in [1.54, 1.807) is 12.3 Å². The highest BCUT2D eigenvalue weighted by molar-refractivity contribution is 5.69. The molecule has 0 fully saturated rings. The van der Waals surface area contributed by atoms with Gasteiger partial charge in [0.1, 0.15) is 5.82 Å². The van der Waals surface area contributed by atoms with Crippen LogP contribution in [0.5, 0.6) is 11.5 Å². The van der Waals surface area contributed by atoms with Crippen molar-refractivity contribution in [2.24, 2.45) is 0 Å². The second-order valence-corrected chi connectivity index (χ2v) is 4.67. The first kappa shape index (κ1) is 15.8. The second kappa shape index (κ2) is 6.93. The van der Waals surface area contributed by atoms with Crippen molar-refractivity contribution in [1.82, 2.24) is 9.55 Å². The predicted molar refractivity (Wildman–Crippen MR) is 82.3 cm³/mol. The lowest BCUT2D eigenvalue weighted by molar-refractivity contribution is -0.385. The molecule has 2 rings (SSSR count). The van der Waals surface area contributed by atoms with E-state index in [4.69, 9.17) is 9.47 Å². The smallest absolute Gasteiger partial charge is 0.315 e. The van der Waals surface area contributed by atoms with Crippen LogP contribution in [0.25, 0.3) is 11.4 Å². The molecule has 7 heteroatoms. The van der Waals surface area contributed by atoms with Gasteiger partial charge in [-0.25, -0.2) is 4.98 Å². The van der Waals surface area contributed by atoms with E-state index in [9.17, 15) is 10.1 Å². The van der Waals surface area contributed by atoms with E-state index in [0.717, 1.165) is 13.0 Å². The number of hydrogen-bond donors (Lipinski definition) is 0. The fourth-order valence-corrected chi connectivity index (χ4v) is 2.18. The van der Waals surface area contributed by atoms with Crippen LogP contribution >= 0.6 is 0 Å². The molecule has 0 unspecified atom stereocenters. The number of nitro groups is 1. The number of methoxy groups -OCH3 is 1. The van der Waals surface area contributed by atoms with Crippen molar-refractivity contribution in [3.8, 4) is 22.9 Å². The number of imidazole rings is 1. The van der Waals surface area contributed by atoms with Crippen molar-refractivity contribution < 1.29 is 14.4 Å². The molecule has 0 spiro atoms. The highest BCUT2D eigenvalue weighted by atomic mass is 16.6. The Bertz CT molecular complexity index is 667. The van der Waals surface area contributed by atoms with Gasteiger partial charge in [-0.3, -0.25) is 10.1 Å². The van der Waals surface area contributed by atoms with Crippen LogP contribution in [-0.2, 0) is 6.54 Å². The molecule has 0 radical (unpaired) electrons. The monoisotopic (exact) mass is 305 g/mol. The van der Waals surface area contributed by atoms with E-state index < -0.39 is 4.92 Å². The molecule has 0 saturated heterocycles. The Labute approximate surface area is 128 Å². The van der Waals surface area contributed by atoms with Gasteiger partial charge < -0.3 is 14.0 Å². The summed E-state index contributed by atoms with van der Waals surface area (Å²) in [5.74, 6) is 1.15. The van der Waals surface area contributed by atoms with Crippen LogP contribution in [0.3, 0.4) is 0 Å². The zero-order chi connectivity index (χ0) is 16.1. The lowest BCUT2D eigenvalue weighted by atomic mass is 10.1. The first-order valence-electron chi connectivity index (χ1n) is 7.13. The van der Waals surface area contributed by atoms with Gasteiger partial charge in [0.15, 0.2) is 5.75 Å². The third-order valence-corrected chi connectivity index (χ3v) is 3.22. The molecule has 0 atom stereocenters. The van der Waals surface area contributed by atoms with Gasteiger partial charge in [0.05, 0.1) is 18.6 Å². The number of rotatable bonds is 7. The minimum Gasteiger partial charge on any atom is -0.493 e. The van der Waals surface area contributed by atoms with Crippen LogP contribution in [-0.4, -0.2) is 28.2 Å². The highest BCUT2D eigenvalue weighted by Crippen LogP contribution is 2.40. The molecule has 0 saturated carbocycles. The minimum absolute atomic E-state index is 0.117. The molecule has 0 aliphatic heterocycles. The topological polar surface area (TPSA) is 79.4 Å². The molecule has 118 valence electrons. The lowest BCUT2D eigenvalue weighted by Crippen LogP contribution is -2.03. The summed E-state index contributed by atoms with van der Waals surface area (Å²) in [4.78, 5) is 15.2. The Morgan fingerprint density at radius 3 is 2.73 bits per heavy atom. The van der Waals surface area contributed by atoms with Crippen molar-refractivity contribution in [3.63, 3.8) is 0 Å². The highest BCUT2D eigenvalue weighted by Gasteiger charge is 2.23. The molecule has 0 amide bonds. The molecule has 1 aromatic carbocycles. The van der Waals surface area contributed by atoms with Gasteiger partial charge in [0.2, 0.25) is 5.75 Å². The normalized spacial score (nSPS) is 10.5. The Hall–Kier alpha value is -2.57. The van der Waals surface area contributed by atoms with Crippen LogP contribution in [0.4, 0.5) is 5.69 Å². The van der Waals surface area contributed by atoms with Gasteiger partial charge >= 0.3 is 5.69 Å². The van der Waals surface area contributed by atoms with Crippen LogP contribution in [0.1, 0.15) is 20.3 Å². The summed E-state index contributed by atoms with van der Waals surface area (Å²) in [6.45, 7) is 5.03. The van der Waals surface area contributed by atoms with Crippen molar-refractivity contribution in [1.29, 1.82) is 0 Å². The van der Waals surface area contributed by atoms with E-state index in [1.807, 2.05) is 24.6 Å². The molecular formula is C15H19N3O4. The molecule has 1 heterocycles. The molecule has 2 aromatic rings. The summed E-state index contributed by atoms with van der Waals surface area (Å²) in [5, 5.41) is 11.4. The summed E-state index contributed by atoms with van der Waals surface area (Å²) in [7, 11) is 1.47. The molecule has 0 aliphatic carbocycles. The Morgan fingerprint density at radius 1 is 1.36 bits per heavy atom. The van der Waals surface area contributed by atoms with Gasteiger partial charge in [0.25, 0.3) is 0 Å². The number of aryl methyl sites for hydroxylation is 1. The molecule has 22 heavy (non-hydrogen) atoms. The molecule has 1 aromatic heterocycles. The Morgan fingerprint density at radius 2 is 2.14 bits per heavy atom. The maximum absolute atomic E-state index is 11.4. The van der Waals surface area contributed by atoms with E-state index in [2.05, 4.69) is 4.98 Å². The number of hydrogen-bond acceptors (Lipinski definition) is 5. The van der Waals surface area contributed by atoms with Gasteiger partial charge in [0, 0.05) is 30.6 Å². The number of ether oxygens (including phenoxy) is 2. The zero-order valence-corrected chi connectivity index (χ0v) is 12.9. The first-order valence-corrected chi connectivity index (χ1v) is 7.13. The van der Waals surface area contributed by atoms with Crippen molar-refractivity contribution in [3.05, 3.63) is 34.6 Å². The molecule has 7 nitrogen and oxygen atoms in total. The minimum atomic E-state index is -0.462. The molecule has 0 bridgehead atoms. The summed E-state index contributed by atoms with van der Waals surface area (Å²) in [6, 6.07) is 3.19. The lowest BCUT2D eigenvalue weighted by Gasteiger charge is -2.12.